The van der Waals surface area contributed by atoms with Gasteiger partial charge in [-0.15, -0.1) is 0 Å². The number of Topliss-reactive ketones (excluding diaryl/α,β-unsaturated/α-hetero) is 1. The number of nitrogens with two attached hydrogens (primary N) is 1. The van der Waals surface area contributed by atoms with Gasteiger partial charge in [0.25, 0.3) is 11.7 Å². The van der Waals surface area contributed by atoms with E-state index in [4.69, 9.17) is 10.5 Å². The molecule has 1 aliphatic heterocycles. The van der Waals surface area contributed by atoms with Crippen LogP contribution in [-0.2, 0) is 11.3 Å². The summed E-state index contributed by atoms with van der Waals surface area (Å²) in [5.41, 5.74) is 7.21. The minimum Gasteiger partial charge on any atom is -0.454 e. The molecule has 0 bridgehead atoms. The van der Waals surface area contributed by atoms with Gasteiger partial charge in [-0.1, -0.05) is 50.2 Å². The lowest BCUT2D eigenvalue weighted by Gasteiger charge is -2.34. The number of para-hydroxylation sites is 2. The Bertz CT molecular complexity index is 1570. The van der Waals surface area contributed by atoms with E-state index in [1.165, 1.54) is 6.20 Å². The van der Waals surface area contributed by atoms with E-state index in [9.17, 15) is 14.7 Å². The van der Waals surface area contributed by atoms with Crippen LogP contribution in [0.5, 0.6) is 5.75 Å². The number of anilines is 1. The van der Waals surface area contributed by atoms with Crippen molar-refractivity contribution in [3.63, 3.8) is 0 Å². The van der Waals surface area contributed by atoms with Crippen molar-refractivity contribution in [3.05, 3.63) is 94.8 Å². The molecule has 1 amide bonds. The quantitative estimate of drug-likeness (QED) is 0.395. The monoisotopic (exact) mass is 466 g/mol. The van der Waals surface area contributed by atoms with Gasteiger partial charge in [0, 0.05) is 16.8 Å². The van der Waals surface area contributed by atoms with Gasteiger partial charge < -0.3 is 20.9 Å². The fourth-order valence-electron chi connectivity index (χ4n) is 5.05. The number of carbonyl (C=O) groups excluding carboxylic acids is 2. The molecule has 0 saturated carbocycles. The topological polar surface area (TPSA) is 127 Å². The second-order valence-electron chi connectivity index (χ2n) is 9.20. The maximum atomic E-state index is 14.0. The molecule has 8 nitrogen and oxygen atoms in total. The number of carbonyl (C=O) groups is 2. The van der Waals surface area contributed by atoms with Crippen LogP contribution in [0.15, 0.2) is 66.9 Å². The van der Waals surface area contributed by atoms with Crippen LogP contribution in [0.3, 0.4) is 0 Å². The molecule has 174 valence electrons. The molecule has 1 aliphatic carbocycles. The van der Waals surface area contributed by atoms with Crippen LogP contribution in [0.4, 0.5) is 5.69 Å². The number of amides is 1. The van der Waals surface area contributed by atoms with Gasteiger partial charge in [-0.3, -0.25) is 14.6 Å². The van der Waals surface area contributed by atoms with Gasteiger partial charge in [0.15, 0.2) is 0 Å². The Balaban J connectivity index is 1.54. The standard InChI is InChI=1S/C27H22N4O4/c1-14(2)15-10-11-16-22(12-15)35-27(34)17-6-5-7-18(28)23(17)24(32)26(16,27)31-25(33)21-13-29-19-8-3-4-9-20(19)30-21/h3-14,34H,28H2,1-2H3,(H,31,33). The predicted octanol–water partition coefficient (Wildman–Crippen LogP) is 3.39. The summed E-state index contributed by atoms with van der Waals surface area (Å²) in [6.07, 6.45) is 1.34. The lowest BCUT2D eigenvalue weighted by atomic mass is 9.82. The van der Waals surface area contributed by atoms with Crippen molar-refractivity contribution in [2.24, 2.45) is 0 Å². The summed E-state index contributed by atoms with van der Waals surface area (Å²) in [6.45, 7) is 4.06. The van der Waals surface area contributed by atoms with E-state index in [2.05, 4.69) is 15.3 Å². The third-order valence-electron chi connectivity index (χ3n) is 6.85. The molecule has 1 aromatic heterocycles. The van der Waals surface area contributed by atoms with Gasteiger partial charge in [-0.2, -0.15) is 0 Å². The van der Waals surface area contributed by atoms with E-state index in [0.717, 1.165) is 5.56 Å². The zero-order chi connectivity index (χ0) is 24.5. The van der Waals surface area contributed by atoms with Crippen molar-refractivity contribution >= 4 is 28.4 Å². The van der Waals surface area contributed by atoms with E-state index >= 15 is 0 Å². The molecule has 2 atom stereocenters. The number of rotatable bonds is 3. The van der Waals surface area contributed by atoms with Gasteiger partial charge >= 0.3 is 0 Å². The second kappa shape index (κ2) is 7.10. The number of ketones is 1. The van der Waals surface area contributed by atoms with E-state index in [1.807, 2.05) is 26.0 Å². The molecule has 6 rings (SSSR count). The first-order valence-electron chi connectivity index (χ1n) is 11.3. The number of ether oxygens (including phenoxy) is 1. The largest absolute Gasteiger partial charge is 0.454 e. The third-order valence-corrected chi connectivity index (χ3v) is 6.85. The highest BCUT2D eigenvalue weighted by molar-refractivity contribution is 6.16. The zero-order valence-electron chi connectivity index (χ0n) is 19.1. The number of nitrogen functional groups attached to an aromatic ring is 1. The number of nitrogens with one attached hydrogen (secondary N) is 1. The first-order chi connectivity index (χ1) is 16.8. The van der Waals surface area contributed by atoms with Crippen LogP contribution in [-0.4, -0.2) is 26.8 Å². The average Bonchev–Trinajstić information content (AvgIpc) is 3.21. The van der Waals surface area contributed by atoms with Crippen molar-refractivity contribution in [1.82, 2.24) is 15.3 Å². The van der Waals surface area contributed by atoms with Crippen molar-refractivity contribution < 1.29 is 19.4 Å². The van der Waals surface area contributed by atoms with Crippen LogP contribution in [0.25, 0.3) is 11.0 Å². The fourth-order valence-corrected chi connectivity index (χ4v) is 5.05. The summed E-state index contributed by atoms with van der Waals surface area (Å²) in [5.74, 6) is -2.90. The van der Waals surface area contributed by atoms with Gasteiger partial charge in [0.2, 0.25) is 11.3 Å². The molecule has 4 N–H and O–H groups in total. The van der Waals surface area contributed by atoms with Gasteiger partial charge in [-0.25, -0.2) is 4.98 Å². The number of hydrogen-bond donors (Lipinski definition) is 3. The third kappa shape index (κ3) is 2.71. The van der Waals surface area contributed by atoms with Crippen molar-refractivity contribution in [3.8, 4) is 5.75 Å². The Labute approximate surface area is 200 Å². The number of nitrogens with zero attached hydrogens (tertiary/aromatic N) is 2. The molecule has 0 spiro atoms. The first kappa shape index (κ1) is 21.2. The van der Waals surface area contributed by atoms with Crippen molar-refractivity contribution in [2.45, 2.75) is 31.1 Å². The number of aromatic nitrogens is 2. The molecule has 35 heavy (non-hydrogen) atoms. The highest BCUT2D eigenvalue weighted by Crippen LogP contribution is 2.59. The van der Waals surface area contributed by atoms with Crippen molar-refractivity contribution in [1.29, 1.82) is 0 Å². The number of fused-ring (bicyclic) bond motifs is 6. The normalized spacial score (nSPS) is 22.0. The molecule has 3 aromatic carbocycles. The molecule has 2 aliphatic rings. The summed E-state index contributed by atoms with van der Waals surface area (Å²) < 4.78 is 6.10. The Morgan fingerprint density at radius 1 is 1.06 bits per heavy atom. The van der Waals surface area contributed by atoms with Gasteiger partial charge in [0.1, 0.15) is 11.4 Å². The van der Waals surface area contributed by atoms with E-state index in [0.29, 0.717) is 22.3 Å². The SMILES string of the molecule is CC(C)c1ccc2c(c1)OC1(O)c3cccc(N)c3C(=O)C21NC(=O)c1cnc2ccccc2n1. The Kier molecular flexibility index (Phi) is 4.31. The molecule has 0 saturated heterocycles. The molecule has 2 unspecified atom stereocenters. The Morgan fingerprint density at radius 3 is 2.60 bits per heavy atom. The van der Waals surface area contributed by atoms with Gasteiger partial charge in [0.05, 0.1) is 22.8 Å². The number of benzene rings is 3. The van der Waals surface area contributed by atoms with Crippen LogP contribution >= 0.6 is 0 Å². The van der Waals surface area contributed by atoms with Crippen LogP contribution in [0.2, 0.25) is 0 Å². The molecule has 4 aromatic rings. The number of aliphatic hydroxyl groups is 1. The molecular weight excluding hydrogens is 444 g/mol. The summed E-state index contributed by atoms with van der Waals surface area (Å²) in [7, 11) is 0. The highest BCUT2D eigenvalue weighted by atomic mass is 16.6. The molecular formula is C27H22N4O4. The van der Waals surface area contributed by atoms with E-state index in [-0.39, 0.29) is 28.4 Å². The summed E-state index contributed by atoms with van der Waals surface area (Å²) in [5, 5.41) is 14.8. The zero-order valence-corrected chi connectivity index (χ0v) is 19.1. The maximum Gasteiger partial charge on any atom is 0.272 e. The lowest BCUT2D eigenvalue weighted by molar-refractivity contribution is -0.169. The fraction of sp³-hybridized carbons (Fsp3) is 0.185. The molecule has 8 heteroatoms. The Morgan fingerprint density at radius 2 is 1.83 bits per heavy atom. The summed E-state index contributed by atoms with van der Waals surface area (Å²) in [4.78, 5) is 36.2. The summed E-state index contributed by atoms with van der Waals surface area (Å²) in [6, 6.07) is 17.3. The van der Waals surface area contributed by atoms with Crippen LogP contribution in [0.1, 0.15) is 57.3 Å². The van der Waals surface area contributed by atoms with E-state index < -0.39 is 23.0 Å². The van der Waals surface area contributed by atoms with Crippen molar-refractivity contribution in [2.75, 3.05) is 5.73 Å². The molecule has 0 fully saturated rings. The highest BCUT2D eigenvalue weighted by Gasteiger charge is 2.72. The van der Waals surface area contributed by atoms with Crippen LogP contribution < -0.4 is 15.8 Å². The smallest absolute Gasteiger partial charge is 0.272 e. The average molecular weight is 466 g/mol. The maximum absolute atomic E-state index is 14.0. The minimum absolute atomic E-state index is 0.00408. The molecule has 2 heterocycles. The summed E-state index contributed by atoms with van der Waals surface area (Å²) >= 11 is 0. The minimum atomic E-state index is -2.19. The second-order valence-corrected chi connectivity index (χ2v) is 9.20. The lowest BCUT2D eigenvalue weighted by Crippen LogP contribution is -2.60. The molecule has 0 radical (unpaired) electrons. The van der Waals surface area contributed by atoms with Gasteiger partial charge in [-0.05, 0) is 35.7 Å². The van der Waals surface area contributed by atoms with E-state index in [1.54, 1.807) is 48.5 Å². The predicted molar refractivity (Wildman–Crippen MR) is 129 cm³/mol. The number of hydrogen-bond acceptors (Lipinski definition) is 7. The Hall–Kier alpha value is -4.30. The first-order valence-corrected chi connectivity index (χ1v) is 11.3. The van der Waals surface area contributed by atoms with Crippen LogP contribution in [0, 0.1) is 0 Å².